The first-order valence-electron chi connectivity index (χ1n) is 10.2. The fraction of sp³-hybridized carbons (Fsp3) is 0.261. The number of nitrogens with one attached hydrogen (secondary N) is 2. The molecule has 0 unspecified atom stereocenters. The molecule has 2 heterocycles. The molecule has 0 atom stereocenters. The van der Waals surface area contributed by atoms with Crippen molar-refractivity contribution in [2.24, 2.45) is 0 Å². The molecule has 2 aromatic carbocycles. The summed E-state index contributed by atoms with van der Waals surface area (Å²) in [6.07, 6.45) is 5.59. The number of amides is 2. The molecular weight excluding hydrogens is 396 g/mol. The van der Waals surface area contributed by atoms with Crippen molar-refractivity contribution >= 4 is 11.8 Å². The lowest BCUT2D eigenvalue weighted by atomic mass is 10.1. The number of aromatic nitrogens is 2. The van der Waals surface area contributed by atoms with E-state index < -0.39 is 0 Å². The third kappa shape index (κ3) is 3.96. The van der Waals surface area contributed by atoms with Crippen LogP contribution in [0, 0.1) is 0 Å². The summed E-state index contributed by atoms with van der Waals surface area (Å²) in [4.78, 5) is 29.6. The topological polar surface area (TPSA) is 94.5 Å². The van der Waals surface area contributed by atoms with E-state index in [1.807, 2.05) is 35.0 Å². The normalized spacial score (nSPS) is 15.3. The molecule has 0 saturated heterocycles. The van der Waals surface area contributed by atoms with Gasteiger partial charge in [-0.15, -0.1) is 0 Å². The second-order valence-electron chi connectivity index (χ2n) is 7.69. The molecule has 2 N–H and O–H groups in total. The number of nitrogens with zero attached hydrogens (tertiary/aromatic N) is 2. The molecule has 2 amide bonds. The Bertz CT molecular complexity index is 1170. The van der Waals surface area contributed by atoms with E-state index in [0.29, 0.717) is 22.9 Å². The summed E-state index contributed by atoms with van der Waals surface area (Å²) >= 11 is 0. The van der Waals surface area contributed by atoms with Crippen LogP contribution in [0.1, 0.15) is 28.8 Å². The standard InChI is InChI=1S/C23H22N4O4/c1-30-19-5-2-15-11-20(19)31-13-21(28)25-12-14-8-16(23(29)26-17-3-4-17)10-18(9-14)27-7-6-24-22(15)27/h2,5-11,17H,3-4,12-13H2,1H3,(H,25,28)(H,26,29). The van der Waals surface area contributed by atoms with Crippen LogP contribution in [0.5, 0.6) is 11.5 Å². The molecule has 1 aromatic heterocycles. The lowest BCUT2D eigenvalue weighted by molar-refractivity contribution is -0.123. The first kappa shape index (κ1) is 19.2. The van der Waals surface area contributed by atoms with E-state index in [2.05, 4.69) is 15.6 Å². The van der Waals surface area contributed by atoms with Crippen LogP contribution in [-0.4, -0.2) is 41.1 Å². The Hall–Kier alpha value is -3.81. The minimum atomic E-state index is -0.265. The van der Waals surface area contributed by atoms with Crippen molar-refractivity contribution in [3.63, 3.8) is 0 Å². The van der Waals surface area contributed by atoms with Crippen LogP contribution in [0.25, 0.3) is 17.1 Å². The summed E-state index contributed by atoms with van der Waals surface area (Å²) in [5, 5.41) is 5.88. The predicted octanol–water partition coefficient (Wildman–Crippen LogP) is 2.45. The Kier molecular flexibility index (Phi) is 4.82. The van der Waals surface area contributed by atoms with E-state index in [-0.39, 0.29) is 31.0 Å². The van der Waals surface area contributed by atoms with Gasteiger partial charge in [-0.05, 0) is 54.8 Å². The molecule has 0 spiro atoms. The van der Waals surface area contributed by atoms with Crippen molar-refractivity contribution in [2.45, 2.75) is 25.4 Å². The second-order valence-corrected chi connectivity index (χ2v) is 7.69. The van der Waals surface area contributed by atoms with E-state index in [4.69, 9.17) is 9.47 Å². The van der Waals surface area contributed by atoms with Gasteiger partial charge in [0.05, 0.1) is 7.11 Å². The van der Waals surface area contributed by atoms with Gasteiger partial charge in [0.1, 0.15) is 5.82 Å². The van der Waals surface area contributed by atoms with Gasteiger partial charge in [0.25, 0.3) is 11.8 Å². The van der Waals surface area contributed by atoms with Crippen LogP contribution in [0.3, 0.4) is 0 Å². The van der Waals surface area contributed by atoms with Crippen LogP contribution in [-0.2, 0) is 11.3 Å². The summed E-state index contributed by atoms with van der Waals surface area (Å²) in [7, 11) is 1.55. The van der Waals surface area contributed by atoms with Gasteiger partial charge in [-0.2, -0.15) is 0 Å². The predicted molar refractivity (Wildman–Crippen MR) is 113 cm³/mol. The molecule has 158 valence electrons. The molecule has 1 saturated carbocycles. The third-order valence-electron chi connectivity index (χ3n) is 5.34. The maximum atomic E-state index is 12.7. The average molecular weight is 418 g/mol. The molecule has 8 heteroatoms. The quantitative estimate of drug-likeness (QED) is 0.681. The number of benzene rings is 2. The van der Waals surface area contributed by atoms with Crippen molar-refractivity contribution in [3.8, 4) is 28.6 Å². The Morgan fingerprint density at radius 1 is 1.26 bits per heavy atom. The average Bonchev–Trinajstić information content (AvgIpc) is 3.46. The summed E-state index contributed by atoms with van der Waals surface area (Å²) in [6, 6.07) is 11.3. The van der Waals surface area contributed by atoms with Gasteiger partial charge in [-0.3, -0.25) is 14.2 Å². The van der Waals surface area contributed by atoms with Crippen molar-refractivity contribution in [1.82, 2.24) is 20.2 Å². The van der Waals surface area contributed by atoms with Crippen molar-refractivity contribution in [1.29, 1.82) is 0 Å². The largest absolute Gasteiger partial charge is 0.493 e. The summed E-state index contributed by atoms with van der Waals surface area (Å²) < 4.78 is 13.0. The fourth-order valence-electron chi connectivity index (χ4n) is 3.59. The molecule has 2 aliphatic rings. The van der Waals surface area contributed by atoms with Crippen LogP contribution >= 0.6 is 0 Å². The van der Waals surface area contributed by atoms with Crippen molar-refractivity contribution < 1.29 is 19.1 Å². The van der Waals surface area contributed by atoms with E-state index in [1.54, 1.807) is 25.4 Å². The smallest absolute Gasteiger partial charge is 0.258 e. The van der Waals surface area contributed by atoms with Crippen LogP contribution in [0.15, 0.2) is 48.8 Å². The number of carbonyl (C=O) groups is 2. The Balaban J connectivity index is 1.63. The van der Waals surface area contributed by atoms with Gasteiger partial charge in [0.2, 0.25) is 0 Å². The molecular formula is C23H22N4O4. The number of ether oxygens (including phenoxy) is 2. The zero-order valence-corrected chi connectivity index (χ0v) is 17.1. The first-order chi connectivity index (χ1) is 15.1. The number of carbonyl (C=O) groups excluding carboxylic acids is 2. The highest BCUT2D eigenvalue weighted by atomic mass is 16.5. The maximum Gasteiger partial charge on any atom is 0.258 e. The molecule has 31 heavy (non-hydrogen) atoms. The minimum absolute atomic E-state index is 0.113. The highest BCUT2D eigenvalue weighted by Gasteiger charge is 2.24. The molecule has 1 aliphatic heterocycles. The molecule has 3 aromatic rings. The highest BCUT2D eigenvalue weighted by Crippen LogP contribution is 2.33. The van der Waals surface area contributed by atoms with Gasteiger partial charge in [-0.25, -0.2) is 4.98 Å². The van der Waals surface area contributed by atoms with Crippen LogP contribution < -0.4 is 20.1 Å². The second kappa shape index (κ2) is 7.79. The zero-order chi connectivity index (χ0) is 21.4. The van der Waals surface area contributed by atoms with Crippen LogP contribution in [0.2, 0.25) is 0 Å². The lowest BCUT2D eigenvalue weighted by Crippen LogP contribution is -2.29. The third-order valence-corrected chi connectivity index (χ3v) is 5.34. The van der Waals surface area contributed by atoms with Crippen molar-refractivity contribution in [3.05, 3.63) is 59.9 Å². The summed E-state index contributed by atoms with van der Waals surface area (Å²) in [5.41, 5.74) is 2.96. The van der Waals surface area contributed by atoms with Crippen LogP contribution in [0.4, 0.5) is 0 Å². The fourth-order valence-corrected chi connectivity index (χ4v) is 3.59. The van der Waals surface area contributed by atoms with Gasteiger partial charge >= 0.3 is 0 Å². The number of imidazole rings is 1. The van der Waals surface area contributed by atoms with E-state index in [0.717, 1.165) is 29.7 Å². The molecule has 0 radical (unpaired) electrons. The highest BCUT2D eigenvalue weighted by molar-refractivity contribution is 5.95. The van der Waals surface area contributed by atoms with E-state index in [9.17, 15) is 9.59 Å². The van der Waals surface area contributed by atoms with E-state index >= 15 is 0 Å². The summed E-state index contributed by atoms with van der Waals surface area (Å²) in [6.45, 7) is 0.126. The molecule has 5 rings (SSSR count). The molecule has 4 bridgehead atoms. The number of fused-ring (bicyclic) bond motifs is 7. The SMILES string of the molecule is COc1ccc2cc1OCC(=O)NCc1cc(C(=O)NC3CC3)cc(c1)-n1ccnc1-2. The molecule has 8 nitrogen and oxygen atoms in total. The zero-order valence-electron chi connectivity index (χ0n) is 17.1. The van der Waals surface area contributed by atoms with Gasteiger partial charge < -0.3 is 20.1 Å². The number of methoxy groups -OCH3 is 1. The van der Waals surface area contributed by atoms with Gasteiger partial charge in [-0.1, -0.05) is 0 Å². The van der Waals surface area contributed by atoms with Gasteiger partial charge in [0.15, 0.2) is 18.1 Å². The number of hydrogen-bond donors (Lipinski definition) is 2. The number of rotatable bonds is 3. The molecule has 1 fully saturated rings. The minimum Gasteiger partial charge on any atom is -0.493 e. The first-order valence-corrected chi connectivity index (χ1v) is 10.2. The van der Waals surface area contributed by atoms with Crippen molar-refractivity contribution in [2.75, 3.05) is 13.7 Å². The number of hydrogen-bond acceptors (Lipinski definition) is 5. The Labute approximate surface area is 179 Å². The lowest BCUT2D eigenvalue weighted by Gasteiger charge is -2.13. The van der Waals surface area contributed by atoms with Gasteiger partial charge in [0, 0.05) is 41.8 Å². The monoisotopic (exact) mass is 418 g/mol. The van der Waals surface area contributed by atoms with E-state index in [1.165, 1.54) is 0 Å². The Morgan fingerprint density at radius 3 is 2.94 bits per heavy atom. The summed E-state index contributed by atoms with van der Waals surface area (Å²) in [5.74, 6) is 1.30. The maximum absolute atomic E-state index is 12.7. The Morgan fingerprint density at radius 2 is 2.13 bits per heavy atom. The molecule has 1 aliphatic carbocycles.